The molecule has 1 N–H and O–H groups in total. The van der Waals surface area contributed by atoms with Crippen LogP contribution in [-0.4, -0.2) is 53.5 Å². The van der Waals surface area contributed by atoms with Crippen molar-refractivity contribution in [2.24, 2.45) is 0 Å². The van der Waals surface area contributed by atoms with Crippen molar-refractivity contribution in [3.05, 3.63) is 11.8 Å². The molecule has 1 atom stereocenters. The summed E-state index contributed by atoms with van der Waals surface area (Å²) in [6, 6.07) is 0.901. The molecule has 0 aliphatic carbocycles. The zero-order valence-electron chi connectivity index (χ0n) is 15.7. The summed E-state index contributed by atoms with van der Waals surface area (Å²) < 4.78 is 16.0. The summed E-state index contributed by atoms with van der Waals surface area (Å²) in [5, 5.41) is 6.54. The summed E-state index contributed by atoms with van der Waals surface area (Å²) in [4.78, 5) is 26.3. The molecule has 1 aromatic rings. The lowest BCUT2D eigenvalue weighted by atomic mass is 9.93. The van der Waals surface area contributed by atoms with Gasteiger partial charge >= 0.3 is 6.09 Å². The summed E-state index contributed by atoms with van der Waals surface area (Å²) >= 11 is 0. The Bertz CT molecular complexity index is 627. The summed E-state index contributed by atoms with van der Waals surface area (Å²) in [5.74, 6) is 0.579. The van der Waals surface area contributed by atoms with Crippen molar-refractivity contribution in [3.63, 3.8) is 0 Å². The second-order valence-corrected chi connectivity index (χ2v) is 8.08. The fourth-order valence-electron chi connectivity index (χ4n) is 2.26. The highest BCUT2D eigenvalue weighted by Crippen LogP contribution is 2.24. The molecule has 0 radical (unpaired) electrons. The molecule has 0 saturated carbocycles. The molecule has 140 valence electrons. The van der Waals surface area contributed by atoms with Crippen molar-refractivity contribution < 1.29 is 23.6 Å². The van der Waals surface area contributed by atoms with Gasteiger partial charge in [0.25, 0.3) is 5.91 Å². The molecule has 1 saturated heterocycles. The van der Waals surface area contributed by atoms with Crippen LogP contribution in [0.4, 0.5) is 10.6 Å². The van der Waals surface area contributed by atoms with E-state index in [-0.39, 0.29) is 17.9 Å². The van der Waals surface area contributed by atoms with Gasteiger partial charge in [0.05, 0.1) is 13.2 Å². The van der Waals surface area contributed by atoms with Gasteiger partial charge in [0, 0.05) is 18.0 Å². The average molecular weight is 353 g/mol. The Labute approximate surface area is 147 Å². The van der Waals surface area contributed by atoms with Crippen LogP contribution in [0.1, 0.15) is 47.3 Å². The number of rotatable bonds is 2. The molecular formula is C17H27N3O5. The Hall–Kier alpha value is -2.09. The predicted octanol–water partition coefficient (Wildman–Crippen LogP) is 2.55. The molecule has 2 amide bonds. The van der Waals surface area contributed by atoms with E-state index in [4.69, 9.17) is 14.0 Å². The molecule has 0 bridgehead atoms. The fraction of sp³-hybridized carbons (Fsp3) is 0.706. The Kier molecular flexibility index (Phi) is 5.41. The number of carbonyl (C=O) groups excluding carboxylic acids is 2. The molecule has 8 nitrogen and oxygen atoms in total. The van der Waals surface area contributed by atoms with Crippen LogP contribution in [0.2, 0.25) is 0 Å². The van der Waals surface area contributed by atoms with Gasteiger partial charge in [-0.1, -0.05) is 25.9 Å². The van der Waals surface area contributed by atoms with Crippen LogP contribution in [0.3, 0.4) is 0 Å². The van der Waals surface area contributed by atoms with Crippen LogP contribution in [-0.2, 0) is 19.7 Å². The predicted molar refractivity (Wildman–Crippen MR) is 91.4 cm³/mol. The van der Waals surface area contributed by atoms with Crippen LogP contribution < -0.4 is 5.32 Å². The first-order chi connectivity index (χ1) is 11.5. The minimum atomic E-state index is -0.779. The van der Waals surface area contributed by atoms with Crippen LogP contribution in [0.25, 0.3) is 0 Å². The highest BCUT2D eigenvalue weighted by atomic mass is 16.6. The highest BCUT2D eigenvalue weighted by molar-refractivity contribution is 5.96. The SMILES string of the molecule is CC(C)(C)OC(=O)N1CCOCC1C(=O)Nc1cc(C(C)(C)C)on1. The number of amides is 2. The Morgan fingerprint density at radius 2 is 1.96 bits per heavy atom. The second-order valence-electron chi connectivity index (χ2n) is 8.08. The lowest BCUT2D eigenvalue weighted by Crippen LogP contribution is -2.55. The Balaban J connectivity index is 2.07. The topological polar surface area (TPSA) is 93.9 Å². The van der Waals surface area contributed by atoms with Crippen LogP contribution in [0.15, 0.2) is 10.6 Å². The van der Waals surface area contributed by atoms with Crippen molar-refractivity contribution in [2.75, 3.05) is 25.1 Å². The van der Waals surface area contributed by atoms with Crippen LogP contribution >= 0.6 is 0 Å². The standard InChI is InChI=1S/C17H27N3O5/c1-16(2,3)12-9-13(19-25-12)18-14(21)11-10-23-8-7-20(11)15(22)24-17(4,5)6/h9,11H,7-8,10H2,1-6H3,(H,18,19,21). The van der Waals surface area contributed by atoms with Gasteiger partial charge in [0.2, 0.25) is 0 Å². The lowest BCUT2D eigenvalue weighted by molar-refractivity contribution is -0.127. The maximum Gasteiger partial charge on any atom is 0.411 e. The number of carbonyl (C=O) groups is 2. The van der Waals surface area contributed by atoms with E-state index in [1.165, 1.54) is 4.90 Å². The van der Waals surface area contributed by atoms with Gasteiger partial charge in [-0.15, -0.1) is 0 Å². The zero-order chi connectivity index (χ0) is 18.8. The monoisotopic (exact) mass is 353 g/mol. The third-order valence-corrected chi connectivity index (χ3v) is 3.56. The highest BCUT2D eigenvalue weighted by Gasteiger charge is 2.36. The number of aromatic nitrogens is 1. The minimum Gasteiger partial charge on any atom is -0.444 e. The average Bonchev–Trinajstić information content (AvgIpc) is 2.94. The molecule has 1 aliphatic heterocycles. The summed E-state index contributed by atoms with van der Waals surface area (Å²) in [5.41, 5.74) is -0.851. The van der Waals surface area contributed by atoms with Gasteiger partial charge in [-0.25, -0.2) is 4.79 Å². The van der Waals surface area contributed by atoms with E-state index in [0.717, 1.165) is 0 Å². The number of ether oxygens (including phenoxy) is 2. The van der Waals surface area contributed by atoms with Gasteiger partial charge in [-0.3, -0.25) is 9.69 Å². The molecule has 25 heavy (non-hydrogen) atoms. The molecule has 0 aromatic carbocycles. The smallest absolute Gasteiger partial charge is 0.411 e. The number of anilines is 1. The fourth-order valence-corrected chi connectivity index (χ4v) is 2.26. The Morgan fingerprint density at radius 3 is 2.52 bits per heavy atom. The molecule has 1 aromatic heterocycles. The maximum absolute atomic E-state index is 12.6. The Morgan fingerprint density at radius 1 is 1.28 bits per heavy atom. The third-order valence-electron chi connectivity index (χ3n) is 3.56. The first-order valence-electron chi connectivity index (χ1n) is 8.33. The van der Waals surface area contributed by atoms with Crippen LogP contribution in [0.5, 0.6) is 0 Å². The van der Waals surface area contributed by atoms with Gasteiger partial charge in [0.15, 0.2) is 5.82 Å². The zero-order valence-corrected chi connectivity index (χ0v) is 15.7. The van der Waals surface area contributed by atoms with Crippen molar-refractivity contribution in [2.45, 2.75) is 58.6 Å². The molecule has 1 aliphatic rings. The largest absolute Gasteiger partial charge is 0.444 e. The second kappa shape index (κ2) is 7.03. The minimum absolute atomic E-state index is 0.106. The van der Waals surface area contributed by atoms with E-state index in [2.05, 4.69) is 10.5 Å². The van der Waals surface area contributed by atoms with E-state index in [1.54, 1.807) is 26.8 Å². The van der Waals surface area contributed by atoms with Gasteiger partial charge in [0.1, 0.15) is 17.4 Å². The number of hydrogen-bond acceptors (Lipinski definition) is 6. The van der Waals surface area contributed by atoms with Crippen molar-refractivity contribution >= 4 is 17.8 Å². The van der Waals surface area contributed by atoms with E-state index in [9.17, 15) is 9.59 Å². The summed E-state index contributed by atoms with van der Waals surface area (Å²) in [7, 11) is 0. The van der Waals surface area contributed by atoms with E-state index >= 15 is 0 Å². The molecule has 2 rings (SSSR count). The number of nitrogens with zero attached hydrogens (tertiary/aromatic N) is 2. The first kappa shape index (κ1) is 19.2. The van der Waals surface area contributed by atoms with Gasteiger partial charge < -0.3 is 19.3 Å². The van der Waals surface area contributed by atoms with E-state index in [0.29, 0.717) is 24.7 Å². The van der Waals surface area contributed by atoms with Gasteiger partial charge in [-0.05, 0) is 20.8 Å². The van der Waals surface area contributed by atoms with E-state index in [1.807, 2.05) is 20.8 Å². The number of morpholine rings is 1. The lowest BCUT2D eigenvalue weighted by Gasteiger charge is -2.35. The normalized spacial score (nSPS) is 18.8. The molecular weight excluding hydrogens is 326 g/mol. The summed E-state index contributed by atoms with van der Waals surface area (Å²) in [6.07, 6.45) is -0.536. The molecule has 1 unspecified atom stereocenters. The quantitative estimate of drug-likeness (QED) is 0.878. The number of nitrogens with one attached hydrogen (secondary N) is 1. The van der Waals surface area contributed by atoms with Gasteiger partial charge in [-0.2, -0.15) is 0 Å². The van der Waals surface area contributed by atoms with E-state index < -0.39 is 17.7 Å². The van der Waals surface area contributed by atoms with Crippen molar-refractivity contribution in [1.29, 1.82) is 0 Å². The van der Waals surface area contributed by atoms with Crippen LogP contribution in [0, 0.1) is 0 Å². The maximum atomic E-state index is 12.6. The van der Waals surface area contributed by atoms with Crippen molar-refractivity contribution in [3.8, 4) is 0 Å². The molecule has 1 fully saturated rings. The first-order valence-corrected chi connectivity index (χ1v) is 8.33. The molecule has 2 heterocycles. The molecule has 8 heteroatoms. The third kappa shape index (κ3) is 5.19. The molecule has 0 spiro atoms. The van der Waals surface area contributed by atoms with Crippen molar-refractivity contribution in [1.82, 2.24) is 10.1 Å². The summed E-state index contributed by atoms with van der Waals surface area (Å²) in [6.45, 7) is 12.1. The number of hydrogen-bond donors (Lipinski definition) is 1.